The molecule has 0 saturated heterocycles. The second-order valence-corrected chi connectivity index (χ2v) is 5.85. The number of nitrogens with zero attached hydrogens (tertiary/aromatic N) is 3. The van der Waals surface area contributed by atoms with Crippen molar-refractivity contribution in [2.24, 2.45) is 0 Å². The molecule has 114 valence electrons. The van der Waals surface area contributed by atoms with E-state index in [-0.39, 0.29) is 22.2 Å². The number of hydrogen-bond acceptors (Lipinski definition) is 7. The molecule has 4 N–H and O–H groups in total. The van der Waals surface area contributed by atoms with Gasteiger partial charge in [0.15, 0.2) is 17.4 Å². The monoisotopic (exact) mass is 316 g/mol. The number of nitrogen functional groups attached to an aromatic ring is 1. The predicted molar refractivity (Wildman–Crippen MR) is 70.3 cm³/mol. The van der Waals surface area contributed by atoms with E-state index in [1.54, 1.807) is 0 Å². The number of H-pyrrole nitrogens is 1. The summed E-state index contributed by atoms with van der Waals surface area (Å²) in [4.78, 5) is -0.325. The highest BCUT2D eigenvalue weighted by molar-refractivity contribution is 7.89. The Kier molecular flexibility index (Phi) is 4.04. The first-order valence-corrected chi connectivity index (χ1v) is 7.22. The number of hydrogen-bond donors (Lipinski definition) is 3. The molecule has 0 bridgehead atoms. The van der Waals surface area contributed by atoms with Gasteiger partial charge >= 0.3 is 0 Å². The number of aromatic amines is 1. The molecule has 0 aliphatic rings. The van der Waals surface area contributed by atoms with Crippen LogP contribution in [-0.4, -0.2) is 36.2 Å². The van der Waals surface area contributed by atoms with Gasteiger partial charge in [0, 0.05) is 0 Å². The molecule has 0 aliphatic carbocycles. The third-order valence-corrected chi connectivity index (χ3v) is 4.16. The molecule has 0 radical (unpaired) electrons. The Labute approximate surface area is 119 Å². The van der Waals surface area contributed by atoms with Crippen LogP contribution in [0.2, 0.25) is 0 Å². The van der Waals surface area contributed by atoms with Crippen LogP contribution in [0.15, 0.2) is 17.0 Å². The van der Waals surface area contributed by atoms with Gasteiger partial charge in [-0.3, -0.25) is 0 Å². The van der Waals surface area contributed by atoms with Gasteiger partial charge < -0.3 is 10.5 Å². The number of tetrazole rings is 1. The van der Waals surface area contributed by atoms with Crippen LogP contribution in [0.25, 0.3) is 0 Å². The predicted octanol–water partition coefficient (Wildman–Crippen LogP) is -0.0309. The second kappa shape index (κ2) is 5.61. The Hall–Kier alpha value is -2.27. The van der Waals surface area contributed by atoms with E-state index in [0.29, 0.717) is 0 Å². The van der Waals surface area contributed by atoms with E-state index in [4.69, 9.17) is 10.5 Å². The van der Waals surface area contributed by atoms with Crippen molar-refractivity contribution in [2.45, 2.75) is 17.9 Å². The summed E-state index contributed by atoms with van der Waals surface area (Å²) in [6.45, 7) is 1.52. The Balaban J connectivity index is 2.32. The van der Waals surface area contributed by atoms with Gasteiger partial charge in [0.05, 0.1) is 23.7 Å². The number of aromatic nitrogens is 4. The minimum atomic E-state index is -4.00. The highest BCUT2D eigenvalue weighted by Gasteiger charge is 2.23. The number of anilines is 1. The lowest BCUT2D eigenvalue weighted by Gasteiger charge is -2.13. The minimum Gasteiger partial charge on any atom is -0.492 e. The highest BCUT2D eigenvalue weighted by atomic mass is 32.2. The third kappa shape index (κ3) is 3.08. The van der Waals surface area contributed by atoms with Crippen molar-refractivity contribution in [3.63, 3.8) is 0 Å². The van der Waals surface area contributed by atoms with Crippen molar-refractivity contribution in [3.8, 4) is 5.75 Å². The van der Waals surface area contributed by atoms with Gasteiger partial charge in [0.25, 0.3) is 0 Å². The minimum absolute atomic E-state index is 0.120. The van der Waals surface area contributed by atoms with E-state index in [2.05, 4.69) is 25.3 Å². The summed E-state index contributed by atoms with van der Waals surface area (Å²) in [6, 6.07) is 1.17. The van der Waals surface area contributed by atoms with Gasteiger partial charge in [0.2, 0.25) is 10.0 Å². The number of ether oxygens (including phenoxy) is 1. The lowest BCUT2D eigenvalue weighted by atomic mass is 10.3. The van der Waals surface area contributed by atoms with Crippen LogP contribution in [0, 0.1) is 5.82 Å². The van der Waals surface area contributed by atoms with Crippen molar-refractivity contribution in [3.05, 3.63) is 23.8 Å². The van der Waals surface area contributed by atoms with E-state index in [1.165, 1.54) is 14.0 Å². The number of rotatable bonds is 5. The molecule has 1 aromatic heterocycles. The molecule has 9 nitrogen and oxygen atoms in total. The molecule has 21 heavy (non-hydrogen) atoms. The maximum atomic E-state index is 13.7. The zero-order chi connectivity index (χ0) is 15.6. The summed E-state index contributed by atoms with van der Waals surface area (Å²) in [5, 5.41) is 12.9. The molecule has 11 heteroatoms. The summed E-state index contributed by atoms with van der Waals surface area (Å²) in [5.74, 6) is -0.925. The molecule has 0 fully saturated rings. The number of sulfonamides is 1. The first-order chi connectivity index (χ1) is 9.85. The van der Waals surface area contributed by atoms with Crippen LogP contribution < -0.4 is 15.2 Å². The molecule has 1 unspecified atom stereocenters. The average molecular weight is 316 g/mol. The SMILES string of the molecule is COc1c(N)cc(S(=O)(=O)NC(C)c2nn[nH]n2)cc1F. The van der Waals surface area contributed by atoms with Crippen LogP contribution in [-0.2, 0) is 10.0 Å². The summed E-state index contributed by atoms with van der Waals surface area (Å²) < 4.78 is 45.1. The molecule has 2 aromatic rings. The lowest BCUT2D eigenvalue weighted by Crippen LogP contribution is -2.28. The fourth-order valence-electron chi connectivity index (χ4n) is 1.67. The zero-order valence-electron chi connectivity index (χ0n) is 11.2. The molecule has 1 heterocycles. The maximum absolute atomic E-state index is 13.7. The van der Waals surface area contributed by atoms with E-state index < -0.39 is 21.9 Å². The number of halogens is 1. The number of nitrogens with one attached hydrogen (secondary N) is 2. The zero-order valence-corrected chi connectivity index (χ0v) is 12.0. The quantitative estimate of drug-likeness (QED) is 0.659. The Morgan fingerprint density at radius 2 is 2.19 bits per heavy atom. The van der Waals surface area contributed by atoms with E-state index in [9.17, 15) is 12.8 Å². The van der Waals surface area contributed by atoms with E-state index in [0.717, 1.165) is 12.1 Å². The summed E-state index contributed by atoms with van der Waals surface area (Å²) in [6.07, 6.45) is 0. The topological polar surface area (TPSA) is 136 Å². The summed E-state index contributed by atoms with van der Waals surface area (Å²) >= 11 is 0. The molecule has 0 aliphatic heterocycles. The fraction of sp³-hybridized carbons (Fsp3) is 0.300. The van der Waals surface area contributed by atoms with Gasteiger partial charge in [-0.15, -0.1) is 10.2 Å². The normalized spacial score (nSPS) is 13.1. The largest absolute Gasteiger partial charge is 0.492 e. The molecule has 0 spiro atoms. The van der Waals surface area contributed by atoms with Crippen LogP contribution in [0.5, 0.6) is 5.75 Å². The molecular weight excluding hydrogens is 303 g/mol. The highest BCUT2D eigenvalue weighted by Crippen LogP contribution is 2.28. The van der Waals surface area contributed by atoms with Crippen LogP contribution in [0.4, 0.5) is 10.1 Å². The van der Waals surface area contributed by atoms with Crippen LogP contribution in [0.3, 0.4) is 0 Å². The second-order valence-electron chi connectivity index (χ2n) is 4.14. The standard InChI is InChI=1S/C10H13FN6O3S/c1-5(10-13-16-17-14-10)15-21(18,19)6-3-7(11)9(20-2)8(12)4-6/h3-5,15H,12H2,1-2H3,(H,13,14,16,17). The van der Waals surface area contributed by atoms with Crippen LogP contribution >= 0.6 is 0 Å². The van der Waals surface area contributed by atoms with Crippen molar-refractivity contribution >= 4 is 15.7 Å². The summed E-state index contributed by atoms with van der Waals surface area (Å²) in [5.41, 5.74) is 5.44. The first-order valence-electron chi connectivity index (χ1n) is 5.74. The fourth-order valence-corrected chi connectivity index (χ4v) is 2.91. The molecule has 1 aromatic carbocycles. The van der Waals surface area contributed by atoms with E-state index in [1.807, 2.05) is 0 Å². The Morgan fingerprint density at radius 3 is 2.71 bits per heavy atom. The average Bonchev–Trinajstić information content (AvgIpc) is 2.91. The van der Waals surface area contributed by atoms with Gasteiger partial charge in [-0.2, -0.15) is 5.21 Å². The smallest absolute Gasteiger partial charge is 0.241 e. The Bertz CT molecular complexity index is 710. The van der Waals surface area contributed by atoms with Crippen LogP contribution in [0.1, 0.15) is 18.8 Å². The molecular formula is C10H13FN6O3S. The number of nitrogens with two attached hydrogens (primary N) is 1. The van der Waals surface area contributed by atoms with Gasteiger partial charge in [0.1, 0.15) is 0 Å². The van der Waals surface area contributed by atoms with Crippen molar-refractivity contribution in [1.82, 2.24) is 25.3 Å². The van der Waals surface area contributed by atoms with Gasteiger partial charge in [-0.1, -0.05) is 5.21 Å². The molecule has 1 atom stereocenters. The molecule has 0 saturated carbocycles. The number of methoxy groups -OCH3 is 1. The summed E-state index contributed by atoms with van der Waals surface area (Å²) in [7, 11) is -2.77. The van der Waals surface area contributed by atoms with Crippen molar-refractivity contribution < 1.29 is 17.5 Å². The van der Waals surface area contributed by atoms with Gasteiger partial charge in [-0.05, 0) is 19.1 Å². The van der Waals surface area contributed by atoms with E-state index >= 15 is 0 Å². The molecule has 2 rings (SSSR count). The number of benzene rings is 1. The lowest BCUT2D eigenvalue weighted by molar-refractivity contribution is 0.388. The van der Waals surface area contributed by atoms with Gasteiger partial charge in [-0.25, -0.2) is 17.5 Å². The maximum Gasteiger partial charge on any atom is 0.241 e. The van der Waals surface area contributed by atoms with Crippen molar-refractivity contribution in [2.75, 3.05) is 12.8 Å². The Morgan fingerprint density at radius 1 is 1.48 bits per heavy atom. The molecule has 0 amide bonds. The third-order valence-electron chi connectivity index (χ3n) is 2.64. The first kappa shape index (κ1) is 15.1. The van der Waals surface area contributed by atoms with Crippen molar-refractivity contribution in [1.29, 1.82) is 0 Å².